The van der Waals surface area contributed by atoms with Crippen molar-refractivity contribution in [2.75, 3.05) is 26.9 Å². The van der Waals surface area contributed by atoms with Crippen molar-refractivity contribution in [1.82, 2.24) is 10.2 Å². The lowest BCUT2D eigenvalue weighted by Gasteiger charge is -2.18. The Morgan fingerprint density at radius 1 is 1.25 bits per heavy atom. The molecule has 0 amide bonds. The zero-order chi connectivity index (χ0) is 12.0. The van der Waals surface area contributed by atoms with E-state index in [1.807, 2.05) is 0 Å². The molecule has 0 aliphatic rings. The van der Waals surface area contributed by atoms with Crippen LogP contribution in [0.5, 0.6) is 0 Å². The summed E-state index contributed by atoms with van der Waals surface area (Å²) >= 11 is 1.78. The number of hydrogen-bond donors (Lipinski definition) is 1. The second-order valence-electron chi connectivity index (χ2n) is 4.39. The maximum atomic E-state index is 3.52. The van der Waals surface area contributed by atoms with Crippen LogP contribution in [0, 0.1) is 0 Å². The average Bonchev–Trinajstić information content (AvgIpc) is 2.26. The van der Waals surface area contributed by atoms with Gasteiger partial charge in [0.15, 0.2) is 0 Å². The Morgan fingerprint density at radius 3 is 2.38 bits per heavy atom. The molecular formula is C13H22N2S. The van der Waals surface area contributed by atoms with Crippen molar-refractivity contribution in [2.45, 2.75) is 24.4 Å². The van der Waals surface area contributed by atoms with Crippen molar-refractivity contribution in [1.29, 1.82) is 0 Å². The van der Waals surface area contributed by atoms with Crippen LogP contribution in [0.25, 0.3) is 0 Å². The topological polar surface area (TPSA) is 15.3 Å². The van der Waals surface area contributed by atoms with Crippen molar-refractivity contribution >= 4 is 11.8 Å². The first-order chi connectivity index (χ1) is 7.61. The Labute approximate surface area is 103 Å². The first-order valence-corrected chi connectivity index (χ1v) is 6.85. The van der Waals surface area contributed by atoms with Gasteiger partial charge in [-0.2, -0.15) is 0 Å². The number of nitrogens with zero attached hydrogens (tertiary/aromatic N) is 1. The third kappa shape index (κ3) is 5.01. The fourth-order valence-corrected chi connectivity index (χ4v) is 2.06. The third-order valence-electron chi connectivity index (χ3n) is 2.45. The van der Waals surface area contributed by atoms with Crippen LogP contribution in [-0.2, 0) is 6.54 Å². The lowest BCUT2D eigenvalue weighted by molar-refractivity contribution is 0.349. The van der Waals surface area contributed by atoms with Gasteiger partial charge in [0.25, 0.3) is 0 Å². The van der Waals surface area contributed by atoms with Gasteiger partial charge in [-0.3, -0.25) is 0 Å². The zero-order valence-corrected chi connectivity index (χ0v) is 11.5. The molecule has 1 rings (SSSR count). The molecule has 1 aromatic rings. The maximum Gasteiger partial charge on any atom is 0.0208 e. The molecule has 0 radical (unpaired) electrons. The highest BCUT2D eigenvalue weighted by atomic mass is 32.2. The number of hydrogen-bond acceptors (Lipinski definition) is 3. The summed E-state index contributed by atoms with van der Waals surface area (Å²) in [6, 6.07) is 9.27. The Hall–Kier alpha value is -0.510. The molecule has 3 heteroatoms. The van der Waals surface area contributed by atoms with Crippen LogP contribution >= 0.6 is 11.8 Å². The molecule has 0 aromatic heterocycles. The van der Waals surface area contributed by atoms with Gasteiger partial charge in [0.1, 0.15) is 0 Å². The van der Waals surface area contributed by atoms with Crippen LogP contribution in [0.15, 0.2) is 29.2 Å². The molecule has 0 spiro atoms. The molecule has 0 aliphatic heterocycles. The van der Waals surface area contributed by atoms with E-state index in [2.05, 4.69) is 61.8 Å². The van der Waals surface area contributed by atoms with E-state index >= 15 is 0 Å². The summed E-state index contributed by atoms with van der Waals surface area (Å²) in [5.41, 5.74) is 1.35. The van der Waals surface area contributed by atoms with Crippen molar-refractivity contribution in [3.63, 3.8) is 0 Å². The van der Waals surface area contributed by atoms with Crippen LogP contribution in [0.3, 0.4) is 0 Å². The number of rotatable bonds is 6. The second kappa shape index (κ2) is 6.94. The van der Waals surface area contributed by atoms with Gasteiger partial charge in [0.05, 0.1) is 0 Å². The van der Waals surface area contributed by atoms with Crippen LogP contribution in [0.4, 0.5) is 0 Å². The summed E-state index contributed by atoms with van der Waals surface area (Å²) in [5.74, 6) is 0. The third-order valence-corrected chi connectivity index (χ3v) is 3.20. The van der Waals surface area contributed by atoms with Crippen molar-refractivity contribution in [3.8, 4) is 0 Å². The zero-order valence-electron chi connectivity index (χ0n) is 10.7. The summed E-state index contributed by atoms with van der Waals surface area (Å²) in [4.78, 5) is 3.53. The lowest BCUT2D eigenvalue weighted by Crippen LogP contribution is -2.35. The van der Waals surface area contributed by atoms with E-state index in [0.29, 0.717) is 6.04 Å². The van der Waals surface area contributed by atoms with Gasteiger partial charge in [0, 0.05) is 24.0 Å². The monoisotopic (exact) mass is 238 g/mol. The number of likely N-dealkylation sites (N-methyl/N-ethyl adjacent to an activating group) is 1. The lowest BCUT2D eigenvalue weighted by atomic mass is 10.2. The number of thioether (sulfide) groups is 1. The predicted octanol–water partition coefficient (Wildman–Crippen LogP) is 2.45. The van der Waals surface area contributed by atoms with Crippen LogP contribution in [-0.4, -0.2) is 37.8 Å². The summed E-state index contributed by atoms with van der Waals surface area (Å²) in [6.07, 6.45) is 2.10. The molecule has 0 saturated heterocycles. The van der Waals surface area contributed by atoms with Crippen LogP contribution < -0.4 is 5.32 Å². The Kier molecular flexibility index (Phi) is 5.88. The molecule has 0 aliphatic carbocycles. The molecule has 0 saturated carbocycles. The minimum atomic E-state index is 0.523. The summed E-state index contributed by atoms with van der Waals surface area (Å²) < 4.78 is 0. The molecule has 1 atom stereocenters. The predicted molar refractivity (Wildman–Crippen MR) is 73.1 cm³/mol. The molecule has 1 N–H and O–H groups in total. The van der Waals surface area contributed by atoms with E-state index in [9.17, 15) is 0 Å². The maximum absolute atomic E-state index is 3.52. The highest BCUT2D eigenvalue weighted by molar-refractivity contribution is 7.98. The molecule has 2 nitrogen and oxygen atoms in total. The standard InChI is InChI=1S/C13H22N2S/c1-11(10-15(2)3)14-9-12-5-7-13(16-4)8-6-12/h5-8,11,14H,9-10H2,1-4H3. The number of benzene rings is 1. The van der Waals surface area contributed by atoms with E-state index in [-0.39, 0.29) is 0 Å². The van der Waals surface area contributed by atoms with Gasteiger partial charge in [-0.15, -0.1) is 11.8 Å². The second-order valence-corrected chi connectivity index (χ2v) is 5.27. The van der Waals surface area contributed by atoms with E-state index in [1.165, 1.54) is 10.5 Å². The van der Waals surface area contributed by atoms with Gasteiger partial charge in [0.2, 0.25) is 0 Å². The van der Waals surface area contributed by atoms with Gasteiger partial charge in [-0.05, 0) is 45.0 Å². The van der Waals surface area contributed by atoms with E-state index in [1.54, 1.807) is 11.8 Å². The Balaban J connectivity index is 2.36. The normalized spacial score (nSPS) is 13.1. The molecule has 16 heavy (non-hydrogen) atoms. The van der Waals surface area contributed by atoms with E-state index in [4.69, 9.17) is 0 Å². The van der Waals surface area contributed by atoms with Crippen LogP contribution in [0.1, 0.15) is 12.5 Å². The summed E-state index contributed by atoms with van der Waals surface area (Å²) in [7, 11) is 4.21. The summed E-state index contributed by atoms with van der Waals surface area (Å²) in [6.45, 7) is 4.24. The molecule has 0 fully saturated rings. The first kappa shape index (κ1) is 13.6. The van der Waals surface area contributed by atoms with Crippen molar-refractivity contribution in [3.05, 3.63) is 29.8 Å². The highest BCUT2D eigenvalue weighted by Gasteiger charge is 2.02. The van der Waals surface area contributed by atoms with E-state index in [0.717, 1.165) is 13.1 Å². The molecule has 1 aromatic carbocycles. The Morgan fingerprint density at radius 2 is 1.88 bits per heavy atom. The molecule has 0 bridgehead atoms. The van der Waals surface area contributed by atoms with Gasteiger partial charge < -0.3 is 10.2 Å². The van der Waals surface area contributed by atoms with Gasteiger partial charge in [-0.1, -0.05) is 12.1 Å². The molecule has 90 valence electrons. The summed E-state index contributed by atoms with van der Waals surface area (Å²) in [5, 5.41) is 3.52. The number of nitrogens with one attached hydrogen (secondary N) is 1. The molecular weight excluding hydrogens is 216 g/mol. The van der Waals surface area contributed by atoms with Crippen molar-refractivity contribution < 1.29 is 0 Å². The Bertz CT molecular complexity index is 295. The fraction of sp³-hybridized carbons (Fsp3) is 0.538. The highest BCUT2D eigenvalue weighted by Crippen LogP contribution is 2.14. The molecule has 0 heterocycles. The largest absolute Gasteiger partial charge is 0.309 e. The average molecular weight is 238 g/mol. The van der Waals surface area contributed by atoms with E-state index < -0.39 is 0 Å². The SMILES string of the molecule is CSc1ccc(CNC(C)CN(C)C)cc1. The first-order valence-electron chi connectivity index (χ1n) is 5.63. The van der Waals surface area contributed by atoms with Gasteiger partial charge in [-0.25, -0.2) is 0 Å². The quantitative estimate of drug-likeness (QED) is 0.766. The van der Waals surface area contributed by atoms with Gasteiger partial charge >= 0.3 is 0 Å². The minimum absolute atomic E-state index is 0.523. The smallest absolute Gasteiger partial charge is 0.0208 e. The van der Waals surface area contributed by atoms with Crippen molar-refractivity contribution in [2.24, 2.45) is 0 Å². The minimum Gasteiger partial charge on any atom is -0.309 e. The molecule has 1 unspecified atom stereocenters. The van der Waals surface area contributed by atoms with Crippen LogP contribution in [0.2, 0.25) is 0 Å². The fourth-order valence-electron chi connectivity index (χ4n) is 1.65.